The van der Waals surface area contributed by atoms with Gasteiger partial charge in [-0.15, -0.1) is 21.5 Å². The van der Waals surface area contributed by atoms with E-state index in [-0.39, 0.29) is 30.3 Å². The van der Waals surface area contributed by atoms with Crippen LogP contribution >= 0.6 is 22.9 Å². The fourth-order valence-electron chi connectivity index (χ4n) is 6.92. The molecule has 0 radical (unpaired) electrons. The molecule has 0 bridgehead atoms. The van der Waals surface area contributed by atoms with Gasteiger partial charge in [-0.3, -0.25) is 33.5 Å². The standard InChI is InChI=1S/C38H34ClN9O3S/c1-22-30(52-38-33(22)35(25-9-11-26(39)12-10-25)42-20-31-45-44-23(2)47(31)38)14-8-24-18-43-46(21-24)17-4-3-16-40-29-7-5-6-28-34(29)37(51)48(36(28)50)27-13-15-32(49)41-19-27/h5-7,9-12,18,21,27,40H,3-4,13,15-17,19-20H2,1-2H3,(H,41,49). The van der Waals surface area contributed by atoms with Crippen molar-refractivity contribution >= 4 is 52.1 Å². The number of halogens is 1. The van der Waals surface area contributed by atoms with E-state index in [1.165, 1.54) is 4.90 Å². The van der Waals surface area contributed by atoms with Crippen LogP contribution in [-0.4, -0.2) is 72.0 Å². The average Bonchev–Trinajstić information content (AvgIpc) is 3.87. The summed E-state index contributed by atoms with van der Waals surface area (Å²) in [6, 6.07) is 12.7. The summed E-state index contributed by atoms with van der Waals surface area (Å²) in [4.78, 5) is 45.3. The number of aryl methyl sites for hydroxylation is 2. The molecule has 2 N–H and O–H groups in total. The molecule has 8 rings (SSSR count). The van der Waals surface area contributed by atoms with Crippen LogP contribution in [0.4, 0.5) is 5.69 Å². The zero-order valence-electron chi connectivity index (χ0n) is 28.6. The van der Waals surface area contributed by atoms with E-state index < -0.39 is 0 Å². The lowest BCUT2D eigenvalue weighted by molar-refractivity contribution is -0.123. The molecule has 12 nitrogen and oxygen atoms in total. The van der Waals surface area contributed by atoms with Crippen LogP contribution < -0.4 is 10.6 Å². The number of aromatic nitrogens is 5. The summed E-state index contributed by atoms with van der Waals surface area (Å²) in [5, 5.41) is 21.0. The minimum Gasteiger partial charge on any atom is -0.384 e. The van der Waals surface area contributed by atoms with Crippen molar-refractivity contribution in [2.75, 3.05) is 18.4 Å². The Kier molecular flexibility index (Phi) is 8.94. The lowest BCUT2D eigenvalue weighted by atomic mass is 10.00. The number of benzene rings is 2. The molecule has 0 spiro atoms. The minimum atomic E-state index is -0.333. The van der Waals surface area contributed by atoms with Gasteiger partial charge in [-0.05, 0) is 62.9 Å². The van der Waals surface area contributed by atoms with Gasteiger partial charge in [-0.2, -0.15) is 5.10 Å². The molecule has 1 fully saturated rings. The molecule has 0 saturated carbocycles. The zero-order chi connectivity index (χ0) is 35.9. The maximum atomic E-state index is 13.4. The molecule has 3 aliphatic rings. The van der Waals surface area contributed by atoms with E-state index in [1.54, 1.807) is 29.7 Å². The van der Waals surface area contributed by atoms with Crippen LogP contribution in [0.15, 0.2) is 59.9 Å². The second-order valence-electron chi connectivity index (χ2n) is 13.0. The number of nitrogens with one attached hydrogen (secondary N) is 2. The third-order valence-corrected chi connectivity index (χ3v) is 11.0. The largest absolute Gasteiger partial charge is 0.384 e. The van der Waals surface area contributed by atoms with Gasteiger partial charge in [0.15, 0.2) is 5.82 Å². The molecular weight excluding hydrogens is 698 g/mol. The third kappa shape index (κ3) is 6.18. The van der Waals surface area contributed by atoms with Crippen molar-refractivity contribution in [3.63, 3.8) is 0 Å². The van der Waals surface area contributed by atoms with Crippen LogP contribution in [0.25, 0.3) is 5.00 Å². The van der Waals surface area contributed by atoms with E-state index in [2.05, 4.69) is 49.3 Å². The normalized spacial score (nSPS) is 16.4. The molecule has 3 aromatic heterocycles. The molecule has 1 atom stereocenters. The predicted molar refractivity (Wildman–Crippen MR) is 198 cm³/mol. The topological polar surface area (TPSA) is 139 Å². The molecule has 1 unspecified atom stereocenters. The molecule has 3 aliphatic heterocycles. The Labute approximate surface area is 308 Å². The Morgan fingerprint density at radius 1 is 1.02 bits per heavy atom. The number of anilines is 1. The summed E-state index contributed by atoms with van der Waals surface area (Å²) in [7, 11) is 0. The molecule has 0 aliphatic carbocycles. The number of aliphatic imine (C=N–C) groups is 1. The van der Waals surface area contributed by atoms with Crippen LogP contribution in [0.1, 0.15) is 85.2 Å². The van der Waals surface area contributed by atoms with Gasteiger partial charge in [0.1, 0.15) is 17.4 Å². The molecule has 262 valence electrons. The quantitative estimate of drug-likeness (QED) is 0.125. The average molecular weight is 732 g/mol. The predicted octanol–water partition coefficient (Wildman–Crippen LogP) is 5.31. The molecule has 14 heteroatoms. The van der Waals surface area contributed by atoms with Gasteiger partial charge in [-0.1, -0.05) is 41.6 Å². The number of fused-ring (bicyclic) bond motifs is 4. The summed E-state index contributed by atoms with van der Waals surface area (Å²) in [5.41, 5.74) is 6.21. The number of carbonyl (C=O) groups is 3. The van der Waals surface area contributed by atoms with Crippen molar-refractivity contribution in [3.05, 3.63) is 110 Å². The van der Waals surface area contributed by atoms with Gasteiger partial charge < -0.3 is 10.6 Å². The van der Waals surface area contributed by atoms with E-state index in [9.17, 15) is 14.4 Å². The Hall–Kier alpha value is -5.58. The van der Waals surface area contributed by atoms with Gasteiger partial charge in [0.2, 0.25) is 5.91 Å². The van der Waals surface area contributed by atoms with E-state index >= 15 is 0 Å². The maximum absolute atomic E-state index is 13.4. The smallest absolute Gasteiger partial charge is 0.263 e. The van der Waals surface area contributed by atoms with E-state index in [4.69, 9.17) is 16.6 Å². The highest BCUT2D eigenvalue weighted by Crippen LogP contribution is 2.37. The number of nitrogens with zero attached hydrogens (tertiary/aromatic N) is 7. The molecule has 2 aromatic carbocycles. The molecule has 52 heavy (non-hydrogen) atoms. The Balaban J connectivity index is 0.915. The maximum Gasteiger partial charge on any atom is 0.263 e. The fourth-order valence-corrected chi connectivity index (χ4v) is 8.28. The SMILES string of the molecule is Cc1c(C#Cc2cnn(CCCCNc3cccc4c3C(=O)N(C3CCC(=O)NC3)C4=O)c2)sc2c1C(c1ccc(Cl)cc1)=NCc1nnc(C)n1-2. The first-order valence-electron chi connectivity index (χ1n) is 17.2. The van der Waals surface area contributed by atoms with Crippen molar-refractivity contribution in [2.45, 2.75) is 58.7 Å². The first-order valence-corrected chi connectivity index (χ1v) is 18.4. The number of unbranched alkanes of at least 4 members (excludes halogenated alkanes) is 1. The second kappa shape index (κ2) is 13.9. The first-order chi connectivity index (χ1) is 25.3. The van der Waals surface area contributed by atoms with Crippen molar-refractivity contribution < 1.29 is 14.4 Å². The number of amides is 3. The van der Waals surface area contributed by atoms with Gasteiger partial charge in [0.05, 0.1) is 39.5 Å². The van der Waals surface area contributed by atoms with Crippen molar-refractivity contribution in [1.29, 1.82) is 0 Å². The number of carbonyl (C=O) groups excluding carboxylic acids is 3. The second-order valence-corrected chi connectivity index (χ2v) is 14.4. The van der Waals surface area contributed by atoms with E-state index in [0.29, 0.717) is 54.3 Å². The van der Waals surface area contributed by atoms with Crippen LogP contribution in [0.5, 0.6) is 0 Å². The fraction of sp³-hybridized carbons (Fsp3) is 0.289. The summed E-state index contributed by atoms with van der Waals surface area (Å²) in [6.07, 6.45) is 6.18. The number of hydrogen-bond donors (Lipinski definition) is 2. The Morgan fingerprint density at radius 2 is 1.87 bits per heavy atom. The van der Waals surface area contributed by atoms with Crippen LogP contribution in [0, 0.1) is 25.7 Å². The summed E-state index contributed by atoms with van der Waals surface area (Å²) < 4.78 is 3.97. The highest BCUT2D eigenvalue weighted by atomic mass is 35.5. The molecule has 6 heterocycles. The number of thiophene rings is 1. The molecule has 3 amide bonds. The molecular formula is C38H34ClN9O3S. The summed E-state index contributed by atoms with van der Waals surface area (Å²) in [6.45, 7) is 6.07. The Bertz CT molecular complexity index is 2330. The molecule has 1 saturated heterocycles. The van der Waals surface area contributed by atoms with E-state index in [1.807, 2.05) is 48.1 Å². The highest BCUT2D eigenvalue weighted by Gasteiger charge is 2.42. The van der Waals surface area contributed by atoms with Crippen molar-refractivity contribution in [3.8, 4) is 16.8 Å². The van der Waals surface area contributed by atoms with Gasteiger partial charge in [0.25, 0.3) is 11.8 Å². The van der Waals surface area contributed by atoms with E-state index in [0.717, 1.165) is 62.3 Å². The minimum absolute atomic E-state index is 0.0558. The van der Waals surface area contributed by atoms with Crippen LogP contribution in [0.3, 0.4) is 0 Å². The number of rotatable bonds is 8. The number of piperidine rings is 1. The van der Waals surface area contributed by atoms with Gasteiger partial charge in [-0.25, -0.2) is 0 Å². The van der Waals surface area contributed by atoms with Crippen LogP contribution in [0.2, 0.25) is 5.02 Å². The van der Waals surface area contributed by atoms with Gasteiger partial charge in [0, 0.05) is 54.1 Å². The summed E-state index contributed by atoms with van der Waals surface area (Å²) in [5.74, 6) is 7.62. The Morgan fingerprint density at radius 3 is 2.67 bits per heavy atom. The third-order valence-electron chi connectivity index (χ3n) is 9.59. The van der Waals surface area contributed by atoms with Gasteiger partial charge >= 0.3 is 0 Å². The van der Waals surface area contributed by atoms with Crippen LogP contribution in [-0.2, 0) is 17.9 Å². The van der Waals surface area contributed by atoms with Crippen molar-refractivity contribution in [2.24, 2.45) is 4.99 Å². The summed E-state index contributed by atoms with van der Waals surface area (Å²) >= 11 is 7.80. The lowest BCUT2D eigenvalue weighted by Crippen LogP contribution is -2.50. The number of imide groups is 1. The lowest BCUT2D eigenvalue weighted by Gasteiger charge is -2.29. The highest BCUT2D eigenvalue weighted by molar-refractivity contribution is 7.15. The molecule has 5 aromatic rings. The van der Waals surface area contributed by atoms with Crippen molar-refractivity contribution in [1.82, 2.24) is 34.8 Å². The number of hydrogen-bond acceptors (Lipinski definition) is 9. The zero-order valence-corrected chi connectivity index (χ0v) is 30.1. The first kappa shape index (κ1) is 33.6. The monoisotopic (exact) mass is 731 g/mol.